The fourth-order valence-electron chi connectivity index (χ4n) is 2.26. The van der Waals surface area contributed by atoms with Crippen molar-refractivity contribution in [3.8, 4) is 0 Å². The molecule has 0 spiro atoms. The maximum atomic E-state index is 4.32. The van der Waals surface area contributed by atoms with Gasteiger partial charge in [0.15, 0.2) is 0 Å². The van der Waals surface area contributed by atoms with E-state index in [1.54, 1.807) is 0 Å². The molecule has 1 aromatic rings. The van der Waals surface area contributed by atoms with Gasteiger partial charge in [-0.05, 0) is 19.8 Å². The average molecular weight is 210 g/mol. The second-order valence-electron chi connectivity index (χ2n) is 4.38. The molecule has 1 N–H and O–H groups in total. The number of hydrogen-bond acceptors (Lipinski definition) is 3. The second-order valence-corrected chi connectivity index (χ2v) is 5.70. The zero-order valence-electron chi connectivity index (χ0n) is 8.97. The standard InChI is InChI=1S/C11H18N2S/c1-3-4-11(7-12-8-11)5-10-6-13-9(2)14-10/h6,12H,3-5,7-8H2,1-2H3. The first-order valence-corrected chi connectivity index (χ1v) is 6.18. The van der Waals surface area contributed by atoms with Crippen molar-refractivity contribution in [1.29, 1.82) is 0 Å². The Labute approximate surface area is 89.8 Å². The number of aryl methyl sites for hydroxylation is 1. The van der Waals surface area contributed by atoms with E-state index in [1.165, 1.54) is 42.2 Å². The first kappa shape index (κ1) is 10.1. The summed E-state index contributed by atoms with van der Waals surface area (Å²) >= 11 is 1.85. The predicted molar refractivity (Wildman–Crippen MR) is 60.8 cm³/mol. The molecule has 1 fully saturated rings. The minimum absolute atomic E-state index is 0.549. The highest BCUT2D eigenvalue weighted by Crippen LogP contribution is 2.34. The van der Waals surface area contributed by atoms with Crippen molar-refractivity contribution in [3.63, 3.8) is 0 Å². The zero-order chi connectivity index (χ0) is 10.0. The summed E-state index contributed by atoms with van der Waals surface area (Å²) < 4.78 is 0. The van der Waals surface area contributed by atoms with E-state index in [1.807, 2.05) is 11.3 Å². The molecule has 0 radical (unpaired) electrons. The van der Waals surface area contributed by atoms with Crippen LogP contribution in [0.25, 0.3) is 0 Å². The molecular weight excluding hydrogens is 192 g/mol. The van der Waals surface area contributed by atoms with Gasteiger partial charge < -0.3 is 5.32 Å². The van der Waals surface area contributed by atoms with E-state index < -0.39 is 0 Å². The van der Waals surface area contributed by atoms with Crippen molar-refractivity contribution < 1.29 is 0 Å². The van der Waals surface area contributed by atoms with E-state index in [4.69, 9.17) is 0 Å². The SMILES string of the molecule is CCCC1(Cc2cnc(C)s2)CNC1. The van der Waals surface area contributed by atoms with Crippen LogP contribution in [0, 0.1) is 12.3 Å². The summed E-state index contributed by atoms with van der Waals surface area (Å²) in [5.41, 5.74) is 0.549. The van der Waals surface area contributed by atoms with Crippen molar-refractivity contribution in [1.82, 2.24) is 10.3 Å². The minimum atomic E-state index is 0.549. The van der Waals surface area contributed by atoms with Crippen molar-refractivity contribution in [2.45, 2.75) is 33.1 Å². The molecule has 1 aromatic heterocycles. The number of hydrogen-bond donors (Lipinski definition) is 1. The molecule has 1 aliphatic rings. The quantitative estimate of drug-likeness (QED) is 0.825. The fraction of sp³-hybridized carbons (Fsp3) is 0.727. The monoisotopic (exact) mass is 210 g/mol. The van der Waals surface area contributed by atoms with Gasteiger partial charge in [0.25, 0.3) is 0 Å². The molecule has 1 saturated heterocycles. The lowest BCUT2D eigenvalue weighted by Crippen LogP contribution is -2.54. The Morgan fingerprint density at radius 3 is 2.79 bits per heavy atom. The molecule has 2 rings (SSSR count). The van der Waals surface area contributed by atoms with Gasteiger partial charge in [0.05, 0.1) is 5.01 Å². The average Bonchev–Trinajstić information content (AvgIpc) is 2.48. The lowest BCUT2D eigenvalue weighted by Gasteiger charge is -2.42. The van der Waals surface area contributed by atoms with E-state index in [9.17, 15) is 0 Å². The largest absolute Gasteiger partial charge is 0.316 e. The summed E-state index contributed by atoms with van der Waals surface area (Å²) in [5.74, 6) is 0. The summed E-state index contributed by atoms with van der Waals surface area (Å²) in [6, 6.07) is 0. The summed E-state index contributed by atoms with van der Waals surface area (Å²) in [4.78, 5) is 5.77. The molecule has 2 heterocycles. The van der Waals surface area contributed by atoms with Crippen LogP contribution >= 0.6 is 11.3 Å². The molecule has 1 aliphatic heterocycles. The molecule has 78 valence electrons. The van der Waals surface area contributed by atoms with Gasteiger partial charge >= 0.3 is 0 Å². The van der Waals surface area contributed by atoms with Gasteiger partial charge in [-0.25, -0.2) is 4.98 Å². The van der Waals surface area contributed by atoms with Gasteiger partial charge in [-0.2, -0.15) is 0 Å². The van der Waals surface area contributed by atoms with Crippen LogP contribution in [0.2, 0.25) is 0 Å². The number of nitrogens with one attached hydrogen (secondary N) is 1. The lowest BCUT2D eigenvalue weighted by atomic mass is 9.75. The Balaban J connectivity index is 2.01. The van der Waals surface area contributed by atoms with Crippen LogP contribution in [0.3, 0.4) is 0 Å². The topological polar surface area (TPSA) is 24.9 Å². The highest BCUT2D eigenvalue weighted by molar-refractivity contribution is 7.11. The van der Waals surface area contributed by atoms with Crippen LogP contribution in [0.4, 0.5) is 0 Å². The third kappa shape index (κ3) is 1.98. The molecule has 0 aliphatic carbocycles. The van der Waals surface area contributed by atoms with Crippen LogP contribution in [-0.2, 0) is 6.42 Å². The summed E-state index contributed by atoms with van der Waals surface area (Å²) in [6.45, 7) is 6.74. The normalized spacial score (nSPS) is 19.3. The maximum absolute atomic E-state index is 4.32. The Hall–Kier alpha value is -0.410. The van der Waals surface area contributed by atoms with Crippen LogP contribution in [0.5, 0.6) is 0 Å². The van der Waals surface area contributed by atoms with Crippen LogP contribution < -0.4 is 5.32 Å². The highest BCUT2D eigenvalue weighted by Gasteiger charge is 2.36. The highest BCUT2D eigenvalue weighted by atomic mass is 32.1. The first-order valence-electron chi connectivity index (χ1n) is 5.36. The van der Waals surface area contributed by atoms with E-state index in [0.717, 1.165) is 0 Å². The van der Waals surface area contributed by atoms with E-state index in [0.29, 0.717) is 5.41 Å². The maximum Gasteiger partial charge on any atom is 0.0896 e. The van der Waals surface area contributed by atoms with Gasteiger partial charge in [0, 0.05) is 29.6 Å². The molecule has 14 heavy (non-hydrogen) atoms. The Kier molecular flexibility index (Phi) is 2.88. The van der Waals surface area contributed by atoms with E-state index >= 15 is 0 Å². The molecule has 0 saturated carbocycles. The molecule has 0 aromatic carbocycles. The number of nitrogens with zero attached hydrogens (tertiary/aromatic N) is 1. The summed E-state index contributed by atoms with van der Waals surface area (Å²) in [6.07, 6.45) is 5.91. The Bertz CT molecular complexity index is 302. The molecule has 0 atom stereocenters. The van der Waals surface area contributed by atoms with Crippen molar-refractivity contribution in [2.24, 2.45) is 5.41 Å². The van der Waals surface area contributed by atoms with Crippen molar-refractivity contribution in [2.75, 3.05) is 13.1 Å². The van der Waals surface area contributed by atoms with Crippen molar-refractivity contribution >= 4 is 11.3 Å². The zero-order valence-corrected chi connectivity index (χ0v) is 9.78. The third-order valence-electron chi connectivity index (χ3n) is 3.00. The second kappa shape index (κ2) is 3.99. The lowest BCUT2D eigenvalue weighted by molar-refractivity contribution is 0.152. The minimum Gasteiger partial charge on any atom is -0.316 e. The van der Waals surface area contributed by atoms with Crippen LogP contribution in [0.15, 0.2) is 6.20 Å². The number of rotatable bonds is 4. The predicted octanol–water partition coefficient (Wildman–Crippen LogP) is 2.38. The summed E-state index contributed by atoms with van der Waals surface area (Å²) in [7, 11) is 0. The van der Waals surface area contributed by atoms with Gasteiger partial charge in [-0.1, -0.05) is 13.3 Å². The van der Waals surface area contributed by atoms with Gasteiger partial charge in [-0.3, -0.25) is 0 Å². The Morgan fingerprint density at radius 1 is 1.57 bits per heavy atom. The molecule has 0 bridgehead atoms. The number of thiazole rings is 1. The van der Waals surface area contributed by atoms with Crippen LogP contribution in [-0.4, -0.2) is 18.1 Å². The van der Waals surface area contributed by atoms with Crippen LogP contribution in [0.1, 0.15) is 29.7 Å². The van der Waals surface area contributed by atoms with Gasteiger partial charge in [-0.15, -0.1) is 11.3 Å². The fourth-order valence-corrected chi connectivity index (χ4v) is 3.22. The van der Waals surface area contributed by atoms with Crippen molar-refractivity contribution in [3.05, 3.63) is 16.1 Å². The first-order chi connectivity index (χ1) is 6.74. The van der Waals surface area contributed by atoms with E-state index in [-0.39, 0.29) is 0 Å². The molecular formula is C11H18N2S. The molecule has 0 unspecified atom stereocenters. The van der Waals surface area contributed by atoms with E-state index in [2.05, 4.69) is 30.3 Å². The summed E-state index contributed by atoms with van der Waals surface area (Å²) in [5, 5.41) is 4.59. The molecule has 0 amide bonds. The van der Waals surface area contributed by atoms with Gasteiger partial charge in [0.1, 0.15) is 0 Å². The molecule has 3 heteroatoms. The smallest absolute Gasteiger partial charge is 0.0896 e. The van der Waals surface area contributed by atoms with Gasteiger partial charge in [0.2, 0.25) is 0 Å². The number of aromatic nitrogens is 1. The Morgan fingerprint density at radius 2 is 2.36 bits per heavy atom. The molecule has 2 nitrogen and oxygen atoms in total. The third-order valence-corrected chi connectivity index (χ3v) is 3.91.